The van der Waals surface area contributed by atoms with E-state index >= 15 is 0 Å². The molecule has 1 atom stereocenters. The Bertz CT molecular complexity index is 1750. The molecule has 0 fully saturated rings. The van der Waals surface area contributed by atoms with Gasteiger partial charge in [0.05, 0.1) is 0 Å². The van der Waals surface area contributed by atoms with Gasteiger partial charge in [-0.3, -0.25) is 14.4 Å². The van der Waals surface area contributed by atoms with Crippen molar-refractivity contribution in [2.24, 2.45) is 0 Å². The van der Waals surface area contributed by atoms with Crippen molar-refractivity contribution in [3.05, 3.63) is 134 Å². The molecule has 1 unspecified atom stereocenters. The Morgan fingerprint density at radius 3 is 0.747 bits per heavy atom. The fraction of sp³-hybridized carbons (Fsp3) is 0.675. The van der Waals surface area contributed by atoms with E-state index in [1.54, 1.807) is 0 Å². The molecule has 6 heteroatoms. The number of hydrogen-bond donors (Lipinski definition) is 0. The van der Waals surface area contributed by atoms with E-state index in [9.17, 15) is 14.4 Å². The molecule has 0 aliphatic carbocycles. The average Bonchev–Trinajstić information content (AvgIpc) is 3.49. The Balaban J connectivity index is 4.46. The lowest BCUT2D eigenvalue weighted by molar-refractivity contribution is -0.167. The number of carbonyl (C=O) groups excluding carboxylic acids is 3. The van der Waals surface area contributed by atoms with Crippen molar-refractivity contribution in [2.45, 2.75) is 322 Å². The lowest BCUT2D eigenvalue weighted by Gasteiger charge is -2.18. The Kier molecular flexibility index (Phi) is 66.3. The standard InChI is InChI=1S/C77H128O6/c1-4-7-10-13-16-19-22-25-28-31-34-37-38-41-43-46-49-52-55-58-61-64-67-70-76(79)82-73-74(83-77(80)71-68-65-62-59-56-53-50-47-44-40-36-33-30-27-24-21-18-15-12-9-6-3)72-81-75(78)69-66-63-60-57-54-51-48-45-42-39-35-32-29-26-23-20-17-14-11-8-5-2/h8-9,11-12,17-18,20-21,26-27,29-31,34-36,39-40,45,47-48,50,74H,4-7,10,13-16,19,22-25,28,32-33,37-38,41-44,46,49,51-73H2,1-3H3/b11-8-,12-9-,20-17-,21-18-,29-26-,30-27-,34-31-,39-35-,40-36-,48-45-,50-47-. The maximum absolute atomic E-state index is 13.0. The SMILES string of the molecule is CC/C=C\C/C=C\C/C=C\C/C=C\C/C=C\CCCCCCCC(=O)OCC(COC(=O)CCCCCCCCCCCCC/C=C\CCCCCCCCCC)OC(=O)CCCCCCC/C=C\C/C=C\C/C=C\C/C=C\C/C=C\CC. The monoisotopic (exact) mass is 1150 g/mol. The molecule has 0 spiro atoms. The molecule has 0 aromatic heterocycles. The maximum Gasteiger partial charge on any atom is 0.306 e. The topological polar surface area (TPSA) is 78.9 Å². The summed E-state index contributed by atoms with van der Waals surface area (Å²) in [6.45, 7) is 6.41. The molecule has 0 aromatic carbocycles. The summed E-state index contributed by atoms with van der Waals surface area (Å²) in [7, 11) is 0. The Morgan fingerprint density at radius 1 is 0.253 bits per heavy atom. The van der Waals surface area contributed by atoms with Gasteiger partial charge in [-0.25, -0.2) is 0 Å². The lowest BCUT2D eigenvalue weighted by atomic mass is 10.0. The van der Waals surface area contributed by atoms with E-state index in [4.69, 9.17) is 14.2 Å². The molecule has 0 radical (unpaired) electrons. The van der Waals surface area contributed by atoms with E-state index in [1.807, 2.05) is 0 Å². The van der Waals surface area contributed by atoms with Gasteiger partial charge in [0.25, 0.3) is 0 Å². The molecular weight excluding hydrogens is 1020 g/mol. The number of unbranched alkanes of at least 4 members (excludes halogenated alkanes) is 29. The molecule has 0 rings (SSSR count). The van der Waals surface area contributed by atoms with Gasteiger partial charge in [-0.15, -0.1) is 0 Å². The first kappa shape index (κ1) is 78.5. The van der Waals surface area contributed by atoms with Crippen molar-refractivity contribution in [1.29, 1.82) is 0 Å². The number of rotatable bonds is 62. The molecule has 472 valence electrons. The van der Waals surface area contributed by atoms with Crippen molar-refractivity contribution in [3.8, 4) is 0 Å². The highest BCUT2D eigenvalue weighted by molar-refractivity contribution is 5.71. The highest BCUT2D eigenvalue weighted by atomic mass is 16.6. The summed E-state index contributed by atoms with van der Waals surface area (Å²) in [5.74, 6) is -0.927. The second-order valence-corrected chi connectivity index (χ2v) is 22.7. The van der Waals surface area contributed by atoms with Crippen LogP contribution in [0.2, 0.25) is 0 Å². The molecule has 6 nitrogen and oxygen atoms in total. The molecule has 0 heterocycles. The van der Waals surface area contributed by atoms with Crippen LogP contribution in [0.4, 0.5) is 0 Å². The van der Waals surface area contributed by atoms with E-state index in [2.05, 4.69) is 154 Å². The zero-order valence-corrected chi connectivity index (χ0v) is 54.2. The molecule has 83 heavy (non-hydrogen) atoms. The van der Waals surface area contributed by atoms with Crippen LogP contribution in [0.15, 0.2) is 134 Å². The van der Waals surface area contributed by atoms with Crippen LogP contribution in [0, 0.1) is 0 Å². The van der Waals surface area contributed by atoms with Crippen LogP contribution >= 0.6 is 0 Å². The van der Waals surface area contributed by atoms with Gasteiger partial charge in [0.15, 0.2) is 6.10 Å². The van der Waals surface area contributed by atoms with Gasteiger partial charge in [-0.2, -0.15) is 0 Å². The second kappa shape index (κ2) is 70.0. The van der Waals surface area contributed by atoms with E-state index in [0.717, 1.165) is 161 Å². The van der Waals surface area contributed by atoms with Crippen LogP contribution in [-0.2, 0) is 28.6 Å². The van der Waals surface area contributed by atoms with Crippen molar-refractivity contribution >= 4 is 17.9 Å². The van der Waals surface area contributed by atoms with Crippen molar-refractivity contribution in [3.63, 3.8) is 0 Å². The first-order chi connectivity index (χ1) is 41.0. The quantitative estimate of drug-likeness (QED) is 0.0261. The molecule has 0 aliphatic heterocycles. The van der Waals surface area contributed by atoms with Crippen molar-refractivity contribution < 1.29 is 28.6 Å². The summed E-state index contributed by atoms with van der Waals surface area (Å²) in [6.07, 6.45) is 98.9. The number of esters is 3. The zero-order valence-electron chi connectivity index (χ0n) is 54.2. The predicted molar refractivity (Wildman–Crippen MR) is 362 cm³/mol. The van der Waals surface area contributed by atoms with Crippen LogP contribution < -0.4 is 0 Å². The first-order valence-corrected chi connectivity index (χ1v) is 34.7. The average molecular weight is 1150 g/mol. The van der Waals surface area contributed by atoms with E-state index in [0.29, 0.717) is 19.3 Å². The van der Waals surface area contributed by atoms with Crippen molar-refractivity contribution in [1.82, 2.24) is 0 Å². The molecule has 0 bridgehead atoms. The summed E-state index contributed by atoms with van der Waals surface area (Å²) in [5.41, 5.74) is 0. The Morgan fingerprint density at radius 2 is 0.470 bits per heavy atom. The van der Waals surface area contributed by atoms with Gasteiger partial charge in [-0.05, 0) is 135 Å². The molecule has 0 aliphatic rings. The van der Waals surface area contributed by atoms with Crippen LogP contribution in [-0.4, -0.2) is 37.2 Å². The Labute approximate surface area is 513 Å². The first-order valence-electron chi connectivity index (χ1n) is 34.7. The maximum atomic E-state index is 13.0. The minimum Gasteiger partial charge on any atom is -0.462 e. The van der Waals surface area contributed by atoms with Gasteiger partial charge in [0, 0.05) is 19.3 Å². The summed E-state index contributed by atoms with van der Waals surface area (Å²) in [5, 5.41) is 0. The van der Waals surface area contributed by atoms with Gasteiger partial charge in [0.1, 0.15) is 13.2 Å². The minimum absolute atomic E-state index is 0.0956. The second-order valence-electron chi connectivity index (χ2n) is 22.7. The molecule has 0 aromatic rings. The summed E-state index contributed by atoms with van der Waals surface area (Å²) in [4.78, 5) is 38.5. The third-order valence-corrected chi connectivity index (χ3v) is 14.6. The highest BCUT2D eigenvalue weighted by Crippen LogP contribution is 2.16. The third kappa shape index (κ3) is 68.2. The number of ether oxygens (including phenoxy) is 3. The highest BCUT2D eigenvalue weighted by Gasteiger charge is 2.19. The fourth-order valence-electron chi connectivity index (χ4n) is 9.49. The van der Waals surface area contributed by atoms with Crippen LogP contribution in [0.3, 0.4) is 0 Å². The molecule has 0 saturated carbocycles. The minimum atomic E-state index is -0.805. The summed E-state index contributed by atoms with van der Waals surface area (Å²) < 4.78 is 17.0. The fourth-order valence-corrected chi connectivity index (χ4v) is 9.49. The van der Waals surface area contributed by atoms with Crippen LogP contribution in [0.1, 0.15) is 316 Å². The number of allylic oxidation sites excluding steroid dienone is 22. The van der Waals surface area contributed by atoms with E-state index in [-0.39, 0.29) is 31.1 Å². The smallest absolute Gasteiger partial charge is 0.306 e. The molecule has 0 saturated heterocycles. The third-order valence-electron chi connectivity index (χ3n) is 14.6. The zero-order chi connectivity index (χ0) is 59.9. The summed E-state index contributed by atoms with van der Waals surface area (Å²) in [6, 6.07) is 0. The summed E-state index contributed by atoms with van der Waals surface area (Å²) >= 11 is 0. The Hall–Kier alpha value is -4.45. The van der Waals surface area contributed by atoms with E-state index in [1.165, 1.54) is 116 Å². The van der Waals surface area contributed by atoms with Gasteiger partial charge >= 0.3 is 17.9 Å². The molecular formula is C77H128O6. The predicted octanol–water partition coefficient (Wildman–Crippen LogP) is 24.1. The van der Waals surface area contributed by atoms with E-state index < -0.39 is 6.10 Å². The number of hydrogen-bond acceptors (Lipinski definition) is 6. The molecule has 0 amide bonds. The van der Waals surface area contributed by atoms with Gasteiger partial charge < -0.3 is 14.2 Å². The van der Waals surface area contributed by atoms with Crippen molar-refractivity contribution in [2.75, 3.05) is 13.2 Å². The normalized spacial score (nSPS) is 13.0. The largest absolute Gasteiger partial charge is 0.462 e. The van der Waals surface area contributed by atoms with Gasteiger partial charge in [0.2, 0.25) is 0 Å². The number of carbonyl (C=O) groups is 3. The van der Waals surface area contributed by atoms with Crippen LogP contribution in [0.25, 0.3) is 0 Å². The van der Waals surface area contributed by atoms with Gasteiger partial charge in [-0.1, -0.05) is 296 Å². The molecule has 0 N–H and O–H groups in total. The lowest BCUT2D eigenvalue weighted by Crippen LogP contribution is -2.30. The van der Waals surface area contributed by atoms with Crippen LogP contribution in [0.5, 0.6) is 0 Å².